The molecule has 1 N–H and O–H groups in total. The molecular weight excluding hydrogens is 447 g/mol. The summed E-state index contributed by atoms with van der Waals surface area (Å²) in [6.07, 6.45) is 5.49. The van der Waals surface area contributed by atoms with Crippen molar-refractivity contribution in [2.75, 3.05) is 26.2 Å². The summed E-state index contributed by atoms with van der Waals surface area (Å²) in [6, 6.07) is 8.38. The van der Waals surface area contributed by atoms with Gasteiger partial charge in [-0.1, -0.05) is 6.07 Å². The quantitative estimate of drug-likeness (QED) is 0.625. The molecule has 6 heterocycles. The van der Waals surface area contributed by atoms with Crippen molar-refractivity contribution in [2.45, 2.75) is 44.8 Å². The van der Waals surface area contributed by atoms with Gasteiger partial charge in [0.25, 0.3) is 5.56 Å². The standard InChI is InChI=1S/C23H28N6O.2ClH/c30-23-17(13-27-8-1-2-9-27)5-6-21-18-10-16(12-29(21)23)11-28(14-18)15-20-19-4-3-7-24-22(19)26-25-20;;/h3-7,16,18H,1-2,8-15H2,(H,24,25,26);2*1H/t16-,18+;;/m0../s1. The Bertz CT molecular complexity index is 1140. The number of aromatic amines is 1. The molecule has 3 aliphatic rings. The molecule has 0 amide bonds. The van der Waals surface area contributed by atoms with Crippen molar-refractivity contribution in [1.82, 2.24) is 29.5 Å². The monoisotopic (exact) mass is 476 g/mol. The second-order valence-electron chi connectivity index (χ2n) is 9.25. The first kappa shape index (κ1) is 23.2. The third kappa shape index (κ3) is 4.19. The van der Waals surface area contributed by atoms with Crippen LogP contribution < -0.4 is 5.56 Å². The molecule has 6 rings (SSSR count). The fourth-order valence-electron chi connectivity index (χ4n) is 5.77. The molecule has 0 radical (unpaired) electrons. The van der Waals surface area contributed by atoms with Crippen LogP contribution in [0.5, 0.6) is 0 Å². The Balaban J connectivity index is 0.00000122. The number of fused-ring (bicyclic) bond motifs is 5. The maximum atomic E-state index is 13.2. The molecule has 3 aromatic heterocycles. The van der Waals surface area contributed by atoms with Crippen molar-refractivity contribution in [3.63, 3.8) is 0 Å². The molecule has 2 bridgehead atoms. The molecule has 2 atom stereocenters. The van der Waals surface area contributed by atoms with Crippen LogP contribution in [0.3, 0.4) is 0 Å². The number of rotatable bonds is 4. The molecule has 7 nitrogen and oxygen atoms in total. The van der Waals surface area contributed by atoms with E-state index in [2.05, 4.69) is 47.7 Å². The highest BCUT2D eigenvalue weighted by atomic mass is 35.5. The Hall–Kier alpha value is -1.93. The number of aromatic nitrogens is 4. The molecule has 2 saturated heterocycles. The van der Waals surface area contributed by atoms with Gasteiger partial charge in [-0.3, -0.25) is 19.7 Å². The zero-order chi connectivity index (χ0) is 20.1. The maximum Gasteiger partial charge on any atom is 0.255 e. The van der Waals surface area contributed by atoms with E-state index in [9.17, 15) is 4.79 Å². The molecule has 0 aliphatic carbocycles. The van der Waals surface area contributed by atoms with Crippen LogP contribution in [0.25, 0.3) is 11.0 Å². The third-order valence-electron chi connectivity index (χ3n) is 7.14. The Morgan fingerprint density at radius 1 is 1.00 bits per heavy atom. The van der Waals surface area contributed by atoms with Crippen LogP contribution in [0, 0.1) is 5.92 Å². The van der Waals surface area contributed by atoms with E-state index in [1.807, 2.05) is 6.07 Å². The normalized spacial score (nSPS) is 22.9. The lowest BCUT2D eigenvalue weighted by atomic mass is 9.83. The number of hydrogen-bond donors (Lipinski definition) is 1. The molecule has 9 heteroatoms. The van der Waals surface area contributed by atoms with Crippen LogP contribution in [0.15, 0.2) is 35.3 Å². The summed E-state index contributed by atoms with van der Waals surface area (Å²) >= 11 is 0. The van der Waals surface area contributed by atoms with Gasteiger partial charge in [-0.05, 0) is 56.5 Å². The Labute approximate surface area is 200 Å². The summed E-state index contributed by atoms with van der Waals surface area (Å²) in [5.74, 6) is 0.960. The number of hydrogen-bond acceptors (Lipinski definition) is 5. The Morgan fingerprint density at radius 2 is 1.84 bits per heavy atom. The first-order valence-corrected chi connectivity index (χ1v) is 11.2. The fraction of sp³-hybridized carbons (Fsp3) is 0.522. The molecule has 172 valence electrons. The smallest absolute Gasteiger partial charge is 0.255 e. The molecule has 0 spiro atoms. The van der Waals surface area contributed by atoms with E-state index in [1.165, 1.54) is 25.0 Å². The zero-order valence-electron chi connectivity index (χ0n) is 18.1. The average Bonchev–Trinajstić information content (AvgIpc) is 3.41. The number of nitrogens with one attached hydrogen (secondary N) is 1. The minimum atomic E-state index is 0. The number of H-pyrrole nitrogens is 1. The molecule has 3 aliphatic heterocycles. The highest BCUT2D eigenvalue weighted by Gasteiger charge is 2.35. The van der Waals surface area contributed by atoms with Crippen molar-refractivity contribution in [2.24, 2.45) is 5.92 Å². The second kappa shape index (κ2) is 9.51. The lowest BCUT2D eigenvalue weighted by Crippen LogP contribution is -2.47. The van der Waals surface area contributed by atoms with E-state index in [-0.39, 0.29) is 30.4 Å². The van der Waals surface area contributed by atoms with Gasteiger partial charge in [0, 0.05) is 61.5 Å². The lowest BCUT2D eigenvalue weighted by Gasteiger charge is -2.42. The second-order valence-corrected chi connectivity index (χ2v) is 9.25. The van der Waals surface area contributed by atoms with Crippen LogP contribution in [-0.2, 0) is 19.6 Å². The van der Waals surface area contributed by atoms with Gasteiger partial charge in [0.1, 0.15) is 0 Å². The predicted octanol–water partition coefficient (Wildman–Crippen LogP) is 3.18. The SMILES string of the molecule is Cl.Cl.O=c1c(CN2CCCC2)ccc2n1C[C@H]1C[C@@H]2CN(Cc2[nH]nc3ncccc23)C1. The summed E-state index contributed by atoms with van der Waals surface area (Å²) in [6.45, 7) is 6.77. The zero-order valence-corrected chi connectivity index (χ0v) is 19.7. The molecule has 0 saturated carbocycles. The first-order valence-electron chi connectivity index (χ1n) is 11.2. The molecule has 2 fully saturated rings. The molecule has 32 heavy (non-hydrogen) atoms. The van der Waals surface area contributed by atoms with Crippen molar-refractivity contribution >= 4 is 35.8 Å². The van der Waals surface area contributed by atoms with Crippen LogP contribution >= 0.6 is 24.8 Å². The maximum absolute atomic E-state index is 13.2. The van der Waals surface area contributed by atoms with E-state index in [0.717, 1.165) is 68.1 Å². The lowest BCUT2D eigenvalue weighted by molar-refractivity contribution is 0.113. The van der Waals surface area contributed by atoms with Crippen molar-refractivity contribution in [3.8, 4) is 0 Å². The number of piperidine rings is 1. The molecule has 0 aromatic carbocycles. The minimum absolute atomic E-state index is 0. The average molecular weight is 477 g/mol. The minimum Gasteiger partial charge on any atom is -0.312 e. The van der Waals surface area contributed by atoms with Crippen LogP contribution in [-0.4, -0.2) is 55.7 Å². The number of halogens is 2. The Kier molecular flexibility index (Phi) is 6.91. The van der Waals surface area contributed by atoms with Gasteiger partial charge in [-0.2, -0.15) is 5.10 Å². The largest absolute Gasteiger partial charge is 0.312 e. The summed E-state index contributed by atoms with van der Waals surface area (Å²) in [4.78, 5) is 22.5. The van der Waals surface area contributed by atoms with Gasteiger partial charge in [0.15, 0.2) is 5.65 Å². The predicted molar refractivity (Wildman–Crippen MR) is 130 cm³/mol. The van der Waals surface area contributed by atoms with E-state index in [4.69, 9.17) is 0 Å². The van der Waals surface area contributed by atoms with Crippen molar-refractivity contribution < 1.29 is 0 Å². The van der Waals surface area contributed by atoms with Gasteiger partial charge in [0.2, 0.25) is 0 Å². The van der Waals surface area contributed by atoms with Gasteiger partial charge in [-0.15, -0.1) is 24.8 Å². The van der Waals surface area contributed by atoms with E-state index < -0.39 is 0 Å². The highest BCUT2D eigenvalue weighted by molar-refractivity contribution is 5.85. The summed E-state index contributed by atoms with van der Waals surface area (Å²) in [5.41, 5.74) is 4.35. The summed E-state index contributed by atoms with van der Waals surface area (Å²) in [7, 11) is 0. The third-order valence-corrected chi connectivity index (χ3v) is 7.14. The number of pyridine rings is 2. The van der Waals surface area contributed by atoms with Gasteiger partial charge in [-0.25, -0.2) is 4.98 Å². The van der Waals surface area contributed by atoms with Crippen LogP contribution in [0.1, 0.15) is 42.1 Å². The topological polar surface area (TPSA) is 70.1 Å². The van der Waals surface area contributed by atoms with E-state index in [0.29, 0.717) is 11.8 Å². The molecular formula is C23H30Cl2N6O. The van der Waals surface area contributed by atoms with E-state index in [1.54, 1.807) is 6.20 Å². The van der Waals surface area contributed by atoms with Crippen LogP contribution in [0.2, 0.25) is 0 Å². The fourth-order valence-corrected chi connectivity index (χ4v) is 5.77. The number of nitrogens with zero attached hydrogens (tertiary/aromatic N) is 5. The van der Waals surface area contributed by atoms with E-state index >= 15 is 0 Å². The number of likely N-dealkylation sites (tertiary alicyclic amines) is 2. The van der Waals surface area contributed by atoms with Crippen molar-refractivity contribution in [3.05, 3.63) is 57.8 Å². The summed E-state index contributed by atoms with van der Waals surface area (Å²) < 4.78 is 2.09. The first-order chi connectivity index (χ1) is 14.7. The van der Waals surface area contributed by atoms with Gasteiger partial charge >= 0.3 is 0 Å². The molecule has 0 unspecified atom stereocenters. The molecule has 3 aromatic rings. The van der Waals surface area contributed by atoms with Gasteiger partial charge < -0.3 is 4.57 Å². The van der Waals surface area contributed by atoms with Crippen molar-refractivity contribution in [1.29, 1.82) is 0 Å². The highest BCUT2D eigenvalue weighted by Crippen LogP contribution is 2.36. The van der Waals surface area contributed by atoms with Gasteiger partial charge in [0.05, 0.1) is 5.69 Å². The summed E-state index contributed by atoms with van der Waals surface area (Å²) in [5, 5.41) is 8.63. The Morgan fingerprint density at radius 3 is 2.69 bits per heavy atom. The van der Waals surface area contributed by atoms with Crippen LogP contribution in [0.4, 0.5) is 0 Å².